The van der Waals surface area contributed by atoms with Crippen LogP contribution in [-0.4, -0.2) is 5.11 Å². The summed E-state index contributed by atoms with van der Waals surface area (Å²) < 4.78 is 41.1. The van der Waals surface area contributed by atoms with Gasteiger partial charge < -0.3 is 5.11 Å². The summed E-state index contributed by atoms with van der Waals surface area (Å²) in [5.41, 5.74) is -0.247. The van der Waals surface area contributed by atoms with Crippen molar-refractivity contribution in [2.24, 2.45) is 0 Å². The van der Waals surface area contributed by atoms with Crippen LogP contribution in [0.5, 0.6) is 0 Å². The Morgan fingerprint density at radius 2 is 1.63 bits per heavy atom. The summed E-state index contributed by atoms with van der Waals surface area (Å²) in [6.07, 6.45) is -1.63. The Balaban J connectivity index is 2.28. The maximum atomic E-state index is 13.6. The van der Waals surface area contributed by atoms with Crippen LogP contribution in [0.2, 0.25) is 0 Å². The largest absolute Gasteiger partial charge is 0.388 e. The summed E-state index contributed by atoms with van der Waals surface area (Å²) in [6.45, 7) is 0. The first-order valence-electron chi connectivity index (χ1n) is 5.55. The molecule has 0 aromatic heterocycles. The lowest BCUT2D eigenvalue weighted by molar-refractivity contribution is 0.167. The van der Waals surface area contributed by atoms with Crippen molar-refractivity contribution in [2.75, 3.05) is 0 Å². The van der Waals surface area contributed by atoms with E-state index in [1.165, 1.54) is 18.2 Å². The first kappa shape index (κ1) is 14.1. The van der Waals surface area contributed by atoms with Crippen molar-refractivity contribution in [3.05, 3.63) is 69.4 Å². The van der Waals surface area contributed by atoms with Gasteiger partial charge in [-0.2, -0.15) is 0 Å². The molecule has 1 N–H and O–H groups in total. The molecule has 0 bridgehead atoms. The highest BCUT2D eigenvalue weighted by Crippen LogP contribution is 2.26. The van der Waals surface area contributed by atoms with Gasteiger partial charge in [-0.1, -0.05) is 28.1 Å². The Hall–Kier alpha value is -1.33. The van der Waals surface area contributed by atoms with Gasteiger partial charge in [0.1, 0.15) is 17.5 Å². The minimum Gasteiger partial charge on any atom is -0.388 e. The van der Waals surface area contributed by atoms with Gasteiger partial charge in [-0.05, 0) is 29.8 Å². The molecule has 5 heteroatoms. The molecule has 100 valence electrons. The second-order valence-electron chi connectivity index (χ2n) is 4.09. The van der Waals surface area contributed by atoms with Gasteiger partial charge in [-0.3, -0.25) is 0 Å². The van der Waals surface area contributed by atoms with Crippen LogP contribution < -0.4 is 0 Å². The third kappa shape index (κ3) is 3.16. The summed E-state index contributed by atoms with van der Waals surface area (Å²) in [5, 5.41) is 9.87. The van der Waals surface area contributed by atoms with E-state index in [0.29, 0.717) is 4.47 Å². The van der Waals surface area contributed by atoms with E-state index in [0.717, 1.165) is 12.1 Å². The van der Waals surface area contributed by atoms with Crippen LogP contribution in [-0.2, 0) is 6.42 Å². The Bertz CT molecular complexity index is 581. The fraction of sp³-hybridized carbons (Fsp3) is 0.143. The third-order valence-electron chi connectivity index (χ3n) is 2.76. The van der Waals surface area contributed by atoms with Gasteiger partial charge in [0, 0.05) is 10.9 Å². The molecule has 0 aliphatic carbocycles. The van der Waals surface area contributed by atoms with Gasteiger partial charge in [0.2, 0.25) is 0 Å². The van der Waals surface area contributed by atoms with E-state index in [1.807, 2.05) is 0 Å². The van der Waals surface area contributed by atoms with E-state index in [9.17, 15) is 18.3 Å². The van der Waals surface area contributed by atoms with Crippen LogP contribution >= 0.6 is 15.9 Å². The summed E-state index contributed by atoms with van der Waals surface area (Å²) in [7, 11) is 0. The van der Waals surface area contributed by atoms with Crippen LogP contribution in [0.3, 0.4) is 0 Å². The van der Waals surface area contributed by atoms with E-state index in [2.05, 4.69) is 15.9 Å². The van der Waals surface area contributed by atoms with Crippen molar-refractivity contribution in [1.29, 1.82) is 0 Å². The van der Waals surface area contributed by atoms with Gasteiger partial charge in [-0.15, -0.1) is 0 Å². The molecule has 2 aromatic rings. The molecule has 0 radical (unpaired) electrons. The highest BCUT2D eigenvalue weighted by molar-refractivity contribution is 9.10. The molecule has 0 saturated heterocycles. The summed E-state index contributed by atoms with van der Waals surface area (Å²) in [6, 6.07) is 7.62. The van der Waals surface area contributed by atoms with Gasteiger partial charge >= 0.3 is 0 Å². The molecular formula is C14H10BrF3O. The molecule has 0 heterocycles. The lowest BCUT2D eigenvalue weighted by Gasteiger charge is -2.13. The maximum Gasteiger partial charge on any atom is 0.131 e. The van der Waals surface area contributed by atoms with E-state index in [4.69, 9.17) is 0 Å². The summed E-state index contributed by atoms with van der Waals surface area (Å²) >= 11 is 3.11. The van der Waals surface area contributed by atoms with Crippen molar-refractivity contribution in [2.45, 2.75) is 12.5 Å². The van der Waals surface area contributed by atoms with E-state index >= 15 is 0 Å². The third-order valence-corrected chi connectivity index (χ3v) is 3.25. The van der Waals surface area contributed by atoms with Gasteiger partial charge in [-0.25, -0.2) is 13.2 Å². The molecule has 0 aliphatic heterocycles. The average Bonchev–Trinajstić information content (AvgIpc) is 2.32. The highest BCUT2D eigenvalue weighted by atomic mass is 79.9. The molecule has 0 saturated carbocycles. The lowest BCUT2D eigenvalue weighted by atomic mass is 10.00. The second-order valence-corrected chi connectivity index (χ2v) is 5.01. The summed E-state index contributed by atoms with van der Waals surface area (Å²) in [4.78, 5) is 0. The average molecular weight is 331 g/mol. The topological polar surface area (TPSA) is 20.2 Å². The summed E-state index contributed by atoms with van der Waals surface area (Å²) in [5.74, 6) is -2.22. The van der Waals surface area contributed by atoms with Gasteiger partial charge in [0.25, 0.3) is 0 Å². The number of rotatable bonds is 3. The molecule has 2 aromatic carbocycles. The molecule has 1 unspecified atom stereocenters. The monoisotopic (exact) mass is 330 g/mol. The number of benzene rings is 2. The molecule has 0 amide bonds. The van der Waals surface area contributed by atoms with Gasteiger partial charge in [0.15, 0.2) is 0 Å². The van der Waals surface area contributed by atoms with E-state index in [1.54, 1.807) is 6.07 Å². The Kier molecular flexibility index (Phi) is 4.27. The van der Waals surface area contributed by atoms with Crippen molar-refractivity contribution in [3.63, 3.8) is 0 Å². The van der Waals surface area contributed by atoms with Crippen molar-refractivity contribution < 1.29 is 18.3 Å². The van der Waals surface area contributed by atoms with Crippen molar-refractivity contribution in [3.8, 4) is 0 Å². The predicted octanol–water partition coefficient (Wildman–Crippen LogP) is 4.14. The molecule has 19 heavy (non-hydrogen) atoms. The van der Waals surface area contributed by atoms with Crippen LogP contribution in [0.15, 0.2) is 40.9 Å². The van der Waals surface area contributed by atoms with Gasteiger partial charge in [0.05, 0.1) is 11.7 Å². The fourth-order valence-electron chi connectivity index (χ4n) is 1.83. The smallest absolute Gasteiger partial charge is 0.131 e. The highest BCUT2D eigenvalue weighted by Gasteiger charge is 2.19. The molecule has 2 rings (SSSR count). The zero-order valence-corrected chi connectivity index (χ0v) is 11.3. The minimum atomic E-state index is -1.43. The number of halogens is 4. The number of aliphatic hydroxyl groups is 1. The zero-order chi connectivity index (χ0) is 14.0. The van der Waals surface area contributed by atoms with Crippen molar-refractivity contribution in [1.82, 2.24) is 0 Å². The van der Waals surface area contributed by atoms with Crippen LogP contribution in [0.1, 0.15) is 17.2 Å². The minimum absolute atomic E-state index is 0.193. The van der Waals surface area contributed by atoms with Crippen LogP contribution in [0.4, 0.5) is 13.2 Å². The molecule has 0 fully saturated rings. The van der Waals surface area contributed by atoms with Crippen LogP contribution in [0.25, 0.3) is 0 Å². The second kappa shape index (κ2) is 5.75. The molecular weight excluding hydrogens is 321 g/mol. The quantitative estimate of drug-likeness (QED) is 0.896. The van der Waals surface area contributed by atoms with Crippen molar-refractivity contribution >= 4 is 15.9 Å². The Labute approximate surface area is 116 Å². The zero-order valence-electron chi connectivity index (χ0n) is 9.71. The molecule has 0 aliphatic rings. The first-order valence-corrected chi connectivity index (χ1v) is 6.34. The first-order chi connectivity index (χ1) is 8.99. The Morgan fingerprint density at radius 1 is 1.00 bits per heavy atom. The normalized spacial score (nSPS) is 12.5. The van der Waals surface area contributed by atoms with E-state index in [-0.39, 0.29) is 12.0 Å². The molecule has 0 spiro atoms. The fourth-order valence-corrected chi connectivity index (χ4v) is 2.16. The number of aliphatic hydroxyl groups excluding tert-OH is 1. The Morgan fingerprint density at radius 3 is 2.21 bits per heavy atom. The van der Waals surface area contributed by atoms with E-state index < -0.39 is 29.1 Å². The standard InChI is InChI=1S/C14H10BrF3O/c15-9-5-4-8(12(18)7-9)6-13(19)14-10(16)2-1-3-11(14)17/h1-5,7,13,19H,6H2. The molecule has 1 nitrogen and oxygen atoms in total. The molecule has 1 atom stereocenters. The predicted molar refractivity (Wildman–Crippen MR) is 69.1 cm³/mol. The SMILES string of the molecule is OC(Cc1ccc(Br)cc1F)c1c(F)cccc1F. The lowest BCUT2D eigenvalue weighted by Crippen LogP contribution is -2.08. The van der Waals surface area contributed by atoms with Crippen LogP contribution in [0, 0.1) is 17.5 Å². The maximum absolute atomic E-state index is 13.6. The number of hydrogen-bond donors (Lipinski definition) is 1. The number of hydrogen-bond acceptors (Lipinski definition) is 1.